The lowest BCUT2D eigenvalue weighted by molar-refractivity contribution is 0.0963. The van der Waals surface area contributed by atoms with Crippen molar-refractivity contribution in [2.75, 3.05) is 13.7 Å². The minimum Gasteiger partial charge on any atom is -0.396 e. The minimum absolute atomic E-state index is 0.0712. The van der Waals surface area contributed by atoms with Crippen LogP contribution in [0.3, 0.4) is 0 Å². The molecule has 1 rings (SSSR count). The fourth-order valence-electron chi connectivity index (χ4n) is 1.51. The molecule has 0 spiro atoms. The van der Waals surface area contributed by atoms with Gasteiger partial charge in [-0.2, -0.15) is 0 Å². The summed E-state index contributed by atoms with van der Waals surface area (Å²) in [5.41, 5.74) is 1.79. The van der Waals surface area contributed by atoms with Gasteiger partial charge in [0.2, 0.25) is 0 Å². The van der Waals surface area contributed by atoms with Crippen LogP contribution in [0.5, 0.6) is 0 Å². The van der Waals surface area contributed by atoms with Crippen LogP contribution in [0.2, 0.25) is 0 Å². The van der Waals surface area contributed by atoms with E-state index in [4.69, 9.17) is 5.11 Å². The SMILES string of the molecule is CNC(=O)c1ccc(CNC(C)CCO)cc1. The van der Waals surface area contributed by atoms with Crippen LogP contribution in [0.25, 0.3) is 0 Å². The van der Waals surface area contributed by atoms with Crippen molar-refractivity contribution in [3.63, 3.8) is 0 Å². The van der Waals surface area contributed by atoms with Gasteiger partial charge in [0.25, 0.3) is 5.91 Å². The van der Waals surface area contributed by atoms with Gasteiger partial charge >= 0.3 is 0 Å². The van der Waals surface area contributed by atoms with E-state index >= 15 is 0 Å². The van der Waals surface area contributed by atoms with E-state index in [1.54, 1.807) is 7.05 Å². The summed E-state index contributed by atoms with van der Waals surface area (Å²) in [4.78, 5) is 11.3. The molecule has 0 heterocycles. The topological polar surface area (TPSA) is 61.4 Å². The summed E-state index contributed by atoms with van der Waals surface area (Å²) in [6.45, 7) is 2.98. The van der Waals surface area contributed by atoms with E-state index in [0.29, 0.717) is 11.6 Å². The molecule has 0 aromatic heterocycles. The third-order valence-electron chi connectivity index (χ3n) is 2.66. The molecule has 1 aromatic carbocycles. The highest BCUT2D eigenvalue weighted by Crippen LogP contribution is 2.04. The van der Waals surface area contributed by atoms with Gasteiger partial charge in [0, 0.05) is 31.8 Å². The van der Waals surface area contributed by atoms with Gasteiger partial charge in [0.1, 0.15) is 0 Å². The normalized spacial score (nSPS) is 12.2. The summed E-state index contributed by atoms with van der Waals surface area (Å²) >= 11 is 0. The number of hydrogen-bond donors (Lipinski definition) is 3. The van der Waals surface area contributed by atoms with Gasteiger partial charge < -0.3 is 15.7 Å². The van der Waals surface area contributed by atoms with E-state index in [1.165, 1.54) is 0 Å². The van der Waals surface area contributed by atoms with Crippen LogP contribution < -0.4 is 10.6 Å². The Balaban J connectivity index is 2.48. The van der Waals surface area contributed by atoms with Gasteiger partial charge in [-0.05, 0) is 31.0 Å². The van der Waals surface area contributed by atoms with Gasteiger partial charge in [-0.15, -0.1) is 0 Å². The predicted molar refractivity (Wildman–Crippen MR) is 67.8 cm³/mol. The first kappa shape index (κ1) is 13.7. The molecule has 1 atom stereocenters. The molecule has 0 aliphatic rings. The molecular formula is C13H20N2O2. The molecule has 17 heavy (non-hydrogen) atoms. The molecule has 94 valence electrons. The zero-order chi connectivity index (χ0) is 12.7. The van der Waals surface area contributed by atoms with Gasteiger partial charge in [-0.3, -0.25) is 4.79 Å². The zero-order valence-corrected chi connectivity index (χ0v) is 10.4. The van der Waals surface area contributed by atoms with Gasteiger partial charge in [-0.25, -0.2) is 0 Å². The lowest BCUT2D eigenvalue weighted by Crippen LogP contribution is -2.26. The minimum atomic E-state index is -0.0712. The lowest BCUT2D eigenvalue weighted by atomic mass is 10.1. The highest BCUT2D eigenvalue weighted by atomic mass is 16.3. The number of nitrogens with one attached hydrogen (secondary N) is 2. The van der Waals surface area contributed by atoms with E-state index in [-0.39, 0.29) is 12.5 Å². The Morgan fingerprint density at radius 3 is 2.53 bits per heavy atom. The van der Waals surface area contributed by atoms with Crippen molar-refractivity contribution < 1.29 is 9.90 Å². The highest BCUT2D eigenvalue weighted by Gasteiger charge is 2.03. The third-order valence-corrected chi connectivity index (χ3v) is 2.66. The lowest BCUT2D eigenvalue weighted by Gasteiger charge is -2.12. The first-order valence-corrected chi connectivity index (χ1v) is 5.82. The second-order valence-electron chi connectivity index (χ2n) is 4.07. The third kappa shape index (κ3) is 4.54. The number of amides is 1. The number of aliphatic hydroxyl groups is 1. The molecule has 1 amide bonds. The predicted octanol–water partition coefficient (Wildman–Crippen LogP) is 0.907. The molecule has 0 radical (unpaired) electrons. The Morgan fingerprint density at radius 2 is 2.00 bits per heavy atom. The first-order chi connectivity index (χ1) is 8.17. The average molecular weight is 236 g/mol. The van der Waals surface area contributed by atoms with Crippen LogP contribution in [0.4, 0.5) is 0 Å². The number of carbonyl (C=O) groups is 1. The Labute approximate surface area is 102 Å². The van der Waals surface area contributed by atoms with Crippen molar-refractivity contribution in [2.45, 2.75) is 25.9 Å². The maximum atomic E-state index is 11.3. The average Bonchev–Trinajstić information content (AvgIpc) is 2.36. The fourth-order valence-corrected chi connectivity index (χ4v) is 1.51. The van der Waals surface area contributed by atoms with Crippen LogP contribution in [-0.2, 0) is 6.54 Å². The summed E-state index contributed by atoms with van der Waals surface area (Å²) in [6.07, 6.45) is 0.746. The van der Waals surface area contributed by atoms with Gasteiger partial charge in [-0.1, -0.05) is 12.1 Å². The zero-order valence-electron chi connectivity index (χ0n) is 10.4. The monoisotopic (exact) mass is 236 g/mol. The largest absolute Gasteiger partial charge is 0.396 e. The van der Waals surface area contributed by atoms with Crippen LogP contribution in [0.1, 0.15) is 29.3 Å². The maximum absolute atomic E-state index is 11.3. The van der Waals surface area contributed by atoms with E-state index in [2.05, 4.69) is 10.6 Å². The van der Waals surface area contributed by atoms with Crippen LogP contribution >= 0.6 is 0 Å². The van der Waals surface area contributed by atoms with Crippen molar-refractivity contribution in [3.8, 4) is 0 Å². The molecule has 3 N–H and O–H groups in total. The Morgan fingerprint density at radius 1 is 1.35 bits per heavy atom. The Kier molecular flexibility index (Phi) is 5.66. The molecular weight excluding hydrogens is 216 g/mol. The number of rotatable bonds is 6. The standard InChI is InChI=1S/C13H20N2O2/c1-10(7-8-16)15-9-11-3-5-12(6-4-11)13(17)14-2/h3-6,10,15-16H,7-9H2,1-2H3,(H,14,17). The molecule has 0 aliphatic heterocycles. The molecule has 1 aromatic rings. The van der Waals surface area contributed by atoms with Crippen molar-refractivity contribution >= 4 is 5.91 Å². The van der Waals surface area contributed by atoms with Crippen molar-refractivity contribution in [1.82, 2.24) is 10.6 Å². The molecule has 4 nitrogen and oxygen atoms in total. The fraction of sp³-hybridized carbons (Fsp3) is 0.462. The van der Waals surface area contributed by atoms with Crippen LogP contribution in [0.15, 0.2) is 24.3 Å². The van der Waals surface area contributed by atoms with Gasteiger partial charge in [0.15, 0.2) is 0 Å². The van der Waals surface area contributed by atoms with Gasteiger partial charge in [0.05, 0.1) is 0 Å². The van der Waals surface area contributed by atoms with E-state index in [9.17, 15) is 4.79 Å². The summed E-state index contributed by atoms with van der Waals surface area (Å²) in [5, 5.41) is 14.7. The second-order valence-corrected chi connectivity index (χ2v) is 4.07. The summed E-state index contributed by atoms with van der Waals surface area (Å²) in [7, 11) is 1.62. The molecule has 0 fully saturated rings. The Hall–Kier alpha value is -1.39. The van der Waals surface area contributed by atoms with Crippen LogP contribution in [0, 0.1) is 0 Å². The number of benzene rings is 1. The van der Waals surface area contributed by atoms with E-state index in [0.717, 1.165) is 18.5 Å². The first-order valence-electron chi connectivity index (χ1n) is 5.82. The Bertz CT molecular complexity index is 349. The molecule has 4 heteroatoms. The molecule has 0 saturated heterocycles. The van der Waals surface area contributed by atoms with Crippen molar-refractivity contribution in [1.29, 1.82) is 0 Å². The summed E-state index contributed by atoms with van der Waals surface area (Å²) < 4.78 is 0. The van der Waals surface area contributed by atoms with E-state index in [1.807, 2.05) is 31.2 Å². The number of aliphatic hydroxyl groups excluding tert-OH is 1. The summed E-state index contributed by atoms with van der Waals surface area (Å²) in [6, 6.07) is 7.78. The van der Waals surface area contributed by atoms with Crippen molar-refractivity contribution in [3.05, 3.63) is 35.4 Å². The number of carbonyl (C=O) groups excluding carboxylic acids is 1. The molecule has 0 saturated carbocycles. The second kappa shape index (κ2) is 7.04. The summed E-state index contributed by atoms with van der Waals surface area (Å²) in [5.74, 6) is -0.0712. The molecule has 0 aliphatic carbocycles. The van der Waals surface area contributed by atoms with Crippen LogP contribution in [-0.4, -0.2) is 30.7 Å². The quantitative estimate of drug-likeness (QED) is 0.688. The van der Waals surface area contributed by atoms with Crippen molar-refractivity contribution in [2.24, 2.45) is 0 Å². The molecule has 0 bridgehead atoms. The molecule has 1 unspecified atom stereocenters. The highest BCUT2D eigenvalue weighted by molar-refractivity contribution is 5.93. The van der Waals surface area contributed by atoms with E-state index < -0.39 is 0 Å². The smallest absolute Gasteiger partial charge is 0.251 e. The number of hydrogen-bond acceptors (Lipinski definition) is 3. The maximum Gasteiger partial charge on any atom is 0.251 e.